The van der Waals surface area contributed by atoms with E-state index in [9.17, 15) is 14.7 Å². The van der Waals surface area contributed by atoms with E-state index >= 15 is 0 Å². The van der Waals surface area contributed by atoms with Gasteiger partial charge in [0.25, 0.3) is 5.91 Å². The Morgan fingerprint density at radius 1 is 1.23 bits per heavy atom. The molecule has 0 spiro atoms. The molecule has 6 radical (unpaired) electrons. The summed E-state index contributed by atoms with van der Waals surface area (Å²) in [7, 11) is 18.4. The maximum absolute atomic E-state index is 12.9. The third-order valence-corrected chi connectivity index (χ3v) is 6.20. The van der Waals surface area contributed by atoms with Crippen molar-refractivity contribution in [3.05, 3.63) is 53.2 Å². The number of fused-ring (bicyclic) bond motifs is 3. The van der Waals surface area contributed by atoms with Crippen LogP contribution >= 0.6 is 0 Å². The number of nitrogens with zero attached hydrogens (tertiary/aromatic N) is 3. The zero-order valence-corrected chi connectivity index (χ0v) is 16.7. The highest BCUT2D eigenvalue weighted by Crippen LogP contribution is 2.44. The fourth-order valence-corrected chi connectivity index (χ4v) is 4.72. The van der Waals surface area contributed by atoms with E-state index in [1.165, 1.54) is 6.26 Å². The predicted molar refractivity (Wildman–Crippen MR) is 110 cm³/mol. The van der Waals surface area contributed by atoms with E-state index in [1.54, 1.807) is 29.2 Å². The Labute approximate surface area is 183 Å². The highest BCUT2D eigenvalue weighted by atomic mass is 16.5. The van der Waals surface area contributed by atoms with Gasteiger partial charge >= 0.3 is 0 Å². The Morgan fingerprint density at radius 3 is 2.61 bits per heavy atom. The fraction of sp³-hybridized carbons (Fsp3) is 0.450. The molecule has 1 aromatic carbocycles. The highest BCUT2D eigenvalue weighted by molar-refractivity contribution is 6.42. The van der Waals surface area contributed by atoms with Crippen molar-refractivity contribution in [3.8, 4) is 0 Å². The van der Waals surface area contributed by atoms with Gasteiger partial charge in [0.15, 0.2) is 19.4 Å². The van der Waals surface area contributed by atoms with Crippen LogP contribution in [-0.2, 0) is 26.9 Å². The number of carbonyl (C=O) groups is 2. The van der Waals surface area contributed by atoms with Crippen molar-refractivity contribution in [2.75, 3.05) is 13.2 Å². The molecule has 3 unspecified atom stereocenters. The number of hydrogen-bond acceptors (Lipinski definition) is 6. The van der Waals surface area contributed by atoms with E-state index in [0.29, 0.717) is 18.7 Å². The molecule has 8 nitrogen and oxygen atoms in total. The molecule has 152 valence electrons. The van der Waals surface area contributed by atoms with Gasteiger partial charge in [0.2, 0.25) is 5.91 Å². The summed E-state index contributed by atoms with van der Waals surface area (Å²) in [5, 5.41) is 9.01. The molecule has 3 aliphatic heterocycles. The normalized spacial score (nSPS) is 28.2. The summed E-state index contributed by atoms with van der Waals surface area (Å²) in [5.74, 6) is -0.577. The second kappa shape index (κ2) is 7.00. The van der Waals surface area contributed by atoms with Crippen LogP contribution in [0.5, 0.6) is 0 Å². The van der Waals surface area contributed by atoms with E-state index in [1.807, 2.05) is 0 Å². The molecular weight excluding hydrogens is 395 g/mol. The van der Waals surface area contributed by atoms with Crippen molar-refractivity contribution >= 4 is 35.4 Å². The molecule has 5 rings (SSSR count). The van der Waals surface area contributed by atoms with Crippen LogP contribution in [0.25, 0.3) is 0 Å². The first-order valence-electron chi connectivity index (χ1n) is 10.1. The molecule has 0 saturated carbocycles. The van der Waals surface area contributed by atoms with Crippen LogP contribution in [0.2, 0.25) is 0 Å². The summed E-state index contributed by atoms with van der Waals surface area (Å²) in [4.78, 5) is 32.4. The molecule has 4 heterocycles. The van der Waals surface area contributed by atoms with Gasteiger partial charge in [-0.2, -0.15) is 0 Å². The number of amides is 2. The highest BCUT2D eigenvalue weighted by Gasteiger charge is 2.51. The molecule has 2 fully saturated rings. The minimum Gasteiger partial charge on any atom is -0.448 e. The molecule has 0 aliphatic carbocycles. The Morgan fingerprint density at radius 2 is 1.97 bits per heavy atom. The first-order chi connectivity index (χ1) is 14.7. The molecule has 2 bridgehead atoms. The molecule has 2 amide bonds. The van der Waals surface area contributed by atoms with Crippen LogP contribution in [0.15, 0.2) is 34.9 Å². The van der Waals surface area contributed by atoms with Gasteiger partial charge in [0.05, 0.1) is 34.4 Å². The van der Waals surface area contributed by atoms with E-state index in [2.05, 4.69) is 4.98 Å². The van der Waals surface area contributed by atoms with Crippen LogP contribution in [0.4, 0.5) is 0 Å². The Bertz CT molecular complexity index is 1020. The smallest absolute Gasteiger partial charge is 0.276 e. The van der Waals surface area contributed by atoms with E-state index in [4.69, 9.17) is 32.7 Å². The van der Waals surface area contributed by atoms with Crippen molar-refractivity contribution < 1.29 is 23.8 Å². The zero-order valence-electron chi connectivity index (χ0n) is 16.7. The van der Waals surface area contributed by atoms with Crippen LogP contribution in [-0.4, -0.2) is 80.5 Å². The predicted octanol–water partition coefficient (Wildman–Crippen LogP) is -0.519. The number of aromatic nitrogens is 1. The lowest BCUT2D eigenvalue weighted by Crippen LogP contribution is -2.55. The molecule has 31 heavy (non-hydrogen) atoms. The number of hydrogen-bond donors (Lipinski definition) is 1. The quantitative estimate of drug-likeness (QED) is 0.679. The summed E-state index contributed by atoms with van der Waals surface area (Å²) >= 11 is 0. The van der Waals surface area contributed by atoms with Crippen LogP contribution in [0.1, 0.15) is 40.3 Å². The maximum Gasteiger partial charge on any atom is 0.276 e. The number of benzene rings is 1. The lowest BCUT2D eigenvalue weighted by Gasteiger charge is -2.41. The van der Waals surface area contributed by atoms with Gasteiger partial charge in [-0.15, -0.1) is 0 Å². The molecule has 2 aromatic rings. The number of likely N-dealkylation sites (tertiary alicyclic amines) is 1. The number of aryl methyl sites for hydroxylation is 1. The third kappa shape index (κ3) is 3.13. The van der Waals surface area contributed by atoms with Crippen molar-refractivity contribution in [1.29, 1.82) is 0 Å². The largest absolute Gasteiger partial charge is 0.448 e. The molecule has 3 atom stereocenters. The van der Waals surface area contributed by atoms with Gasteiger partial charge in [-0.25, -0.2) is 4.98 Å². The number of carbonyl (C=O) groups excluding carboxylic acids is 2. The Kier molecular flexibility index (Phi) is 4.60. The van der Waals surface area contributed by atoms with Crippen LogP contribution in [0, 0.1) is 0 Å². The fourth-order valence-electron chi connectivity index (χ4n) is 4.72. The van der Waals surface area contributed by atoms with Gasteiger partial charge < -0.3 is 24.1 Å². The number of morpholine rings is 1. The average molecular weight is 413 g/mol. The first-order valence-corrected chi connectivity index (χ1v) is 10.1. The number of oxazole rings is 1. The number of aliphatic hydroxyl groups is 1. The van der Waals surface area contributed by atoms with Crippen molar-refractivity contribution in [3.63, 3.8) is 0 Å². The molecule has 3 aliphatic rings. The second-order valence-corrected chi connectivity index (χ2v) is 8.26. The standard InChI is InChI=1S/C20H18B3N3O5/c21-19(22)13-3-1-2-4-14(13)20(23,29)26(19)17(27)6-5-16-24-15(10-31-16)18(28)25-8-12-7-11(25)9-30-12/h1-4,10-12,29H,5-9H2. The van der Waals surface area contributed by atoms with Gasteiger partial charge in [-0.05, 0) is 22.9 Å². The minimum atomic E-state index is -2.15. The summed E-state index contributed by atoms with van der Waals surface area (Å²) in [6.45, 7) is 1.08. The molecule has 11 heteroatoms. The zero-order chi connectivity index (χ0) is 22.0. The van der Waals surface area contributed by atoms with Gasteiger partial charge in [-0.3, -0.25) is 9.59 Å². The van der Waals surface area contributed by atoms with Gasteiger partial charge in [-0.1, -0.05) is 24.3 Å². The SMILES string of the molecule is [B]C1([B])c2ccccc2C([B])(O)N1C(=O)CCc1nc(C(=O)N2CC3CC2CO3)co1. The lowest BCUT2D eigenvalue weighted by atomic mass is 9.58. The van der Waals surface area contributed by atoms with E-state index in [0.717, 1.165) is 11.3 Å². The molecule has 1 N–H and O–H groups in total. The second-order valence-electron chi connectivity index (χ2n) is 8.26. The van der Waals surface area contributed by atoms with Crippen LogP contribution in [0.3, 0.4) is 0 Å². The van der Waals surface area contributed by atoms with Gasteiger partial charge in [0.1, 0.15) is 11.9 Å². The van der Waals surface area contributed by atoms with Gasteiger partial charge in [0, 0.05) is 19.4 Å². The monoisotopic (exact) mass is 413 g/mol. The van der Waals surface area contributed by atoms with E-state index < -0.39 is 16.9 Å². The summed E-state index contributed by atoms with van der Waals surface area (Å²) < 4.78 is 10.9. The summed E-state index contributed by atoms with van der Waals surface area (Å²) in [6, 6.07) is 6.62. The third-order valence-electron chi connectivity index (χ3n) is 6.20. The number of rotatable bonds is 4. The number of ether oxygens (including phenoxy) is 1. The van der Waals surface area contributed by atoms with Crippen molar-refractivity contribution in [2.24, 2.45) is 0 Å². The average Bonchev–Trinajstić information content (AvgIpc) is 3.50. The van der Waals surface area contributed by atoms with Crippen molar-refractivity contribution in [1.82, 2.24) is 14.8 Å². The van der Waals surface area contributed by atoms with Crippen LogP contribution < -0.4 is 0 Å². The van der Waals surface area contributed by atoms with Crippen molar-refractivity contribution in [2.45, 2.75) is 42.4 Å². The molecule has 2 saturated heterocycles. The topological polar surface area (TPSA) is 96.1 Å². The van der Waals surface area contributed by atoms with E-state index in [-0.39, 0.29) is 48.0 Å². The Balaban J connectivity index is 1.27. The lowest BCUT2D eigenvalue weighted by molar-refractivity contribution is -0.148. The summed E-state index contributed by atoms with van der Waals surface area (Å²) in [6.07, 6.45) is 2.17. The molecule has 1 aromatic heterocycles. The molecular formula is C20H18B3N3O5. The minimum absolute atomic E-state index is 0.0699. The Hall–Kier alpha value is -2.52. The maximum atomic E-state index is 12.9. The first kappa shape index (κ1) is 20.4. The summed E-state index contributed by atoms with van der Waals surface area (Å²) in [5.41, 5.74) is -1.33.